The second-order valence-electron chi connectivity index (χ2n) is 12.8. The van der Waals surface area contributed by atoms with Crippen molar-refractivity contribution >= 4 is 0 Å². The molecule has 0 aliphatic heterocycles. The Kier molecular flexibility index (Phi) is 7.98. The van der Waals surface area contributed by atoms with Crippen LogP contribution >= 0.6 is 0 Å². The van der Waals surface area contributed by atoms with Crippen molar-refractivity contribution in [3.63, 3.8) is 0 Å². The summed E-state index contributed by atoms with van der Waals surface area (Å²) in [5.74, 6) is 1.30. The Morgan fingerprint density at radius 2 is 1.81 bits per heavy atom. The van der Waals surface area contributed by atoms with Gasteiger partial charge in [0, 0.05) is 12.5 Å². The van der Waals surface area contributed by atoms with Crippen LogP contribution in [0.5, 0.6) is 5.75 Å². The van der Waals surface area contributed by atoms with Crippen molar-refractivity contribution in [1.82, 2.24) is 4.90 Å². The van der Waals surface area contributed by atoms with Gasteiger partial charge < -0.3 is 15.1 Å². The molecular weight excluding hydrogens is 461 g/mol. The first-order chi connectivity index (χ1) is 17.8. The van der Waals surface area contributed by atoms with Crippen LogP contribution in [0.25, 0.3) is 0 Å². The lowest BCUT2D eigenvalue weighted by Gasteiger charge is -2.54. The van der Waals surface area contributed by atoms with E-state index in [-0.39, 0.29) is 23.2 Å². The van der Waals surface area contributed by atoms with Crippen LogP contribution in [0.3, 0.4) is 0 Å². The molecular formula is C33H46FNO2. The minimum absolute atomic E-state index is 0.0920. The number of phenolic OH excluding ortho intramolecular Hbond substituents is 1. The summed E-state index contributed by atoms with van der Waals surface area (Å²) in [6, 6.07) is 14.4. The van der Waals surface area contributed by atoms with Crippen LogP contribution in [0.4, 0.5) is 4.39 Å². The van der Waals surface area contributed by atoms with Crippen LogP contribution in [-0.2, 0) is 12.8 Å². The fourth-order valence-corrected chi connectivity index (χ4v) is 8.18. The molecule has 7 atom stereocenters. The van der Waals surface area contributed by atoms with E-state index in [4.69, 9.17) is 0 Å². The number of hydrogen-bond donors (Lipinski definition) is 2. The van der Waals surface area contributed by atoms with Crippen molar-refractivity contribution in [2.75, 3.05) is 20.1 Å². The molecule has 2 saturated carbocycles. The van der Waals surface area contributed by atoms with E-state index in [1.54, 1.807) is 6.07 Å². The number of unbranched alkanes of at least 4 members (excludes halogenated alkanes) is 2. The molecule has 0 saturated heterocycles. The molecule has 2 aromatic rings. The predicted molar refractivity (Wildman–Crippen MR) is 149 cm³/mol. The topological polar surface area (TPSA) is 43.7 Å². The van der Waals surface area contributed by atoms with Crippen molar-refractivity contribution in [3.8, 4) is 5.75 Å². The third-order valence-corrected chi connectivity index (χ3v) is 10.3. The zero-order valence-corrected chi connectivity index (χ0v) is 23.0. The Bertz CT molecular complexity index is 1050. The predicted octanol–water partition coefficient (Wildman–Crippen LogP) is 6.83. The van der Waals surface area contributed by atoms with E-state index in [9.17, 15) is 10.2 Å². The second kappa shape index (κ2) is 11.1. The smallest absolute Gasteiger partial charge is 0.115 e. The Morgan fingerprint density at radius 3 is 2.59 bits per heavy atom. The second-order valence-corrected chi connectivity index (χ2v) is 12.8. The third-order valence-electron chi connectivity index (χ3n) is 10.3. The fourth-order valence-electron chi connectivity index (χ4n) is 8.18. The van der Waals surface area contributed by atoms with Gasteiger partial charge in [-0.1, -0.05) is 55.7 Å². The van der Waals surface area contributed by atoms with Crippen molar-refractivity contribution in [2.45, 2.75) is 89.8 Å². The van der Waals surface area contributed by atoms with Gasteiger partial charge in [-0.25, -0.2) is 4.39 Å². The molecule has 4 heteroatoms. The fraction of sp³-hybridized carbons (Fsp3) is 0.636. The van der Waals surface area contributed by atoms with Gasteiger partial charge in [-0.05, 0) is 117 Å². The first-order valence-electron chi connectivity index (χ1n) is 14.6. The number of fused-ring (bicyclic) bond motifs is 5. The molecule has 0 aromatic heterocycles. The molecule has 5 rings (SSSR count). The molecule has 3 aliphatic rings. The van der Waals surface area contributed by atoms with Gasteiger partial charge >= 0.3 is 0 Å². The number of aromatic hydroxyl groups is 1. The van der Waals surface area contributed by atoms with Gasteiger partial charge in [0.25, 0.3) is 0 Å². The SMILES string of the molecule is Cc1ccc(CCN(C)CCCCC[C@@H]2Cc3cc(O)ccc3[C@@H]3[C@@H]2[C@@H]2CC[C@H](O)[C@@]2(C)C[C@@H]3F)cc1. The number of rotatable bonds is 9. The summed E-state index contributed by atoms with van der Waals surface area (Å²) in [5, 5.41) is 21.0. The maximum Gasteiger partial charge on any atom is 0.115 e. The van der Waals surface area contributed by atoms with E-state index < -0.39 is 6.17 Å². The number of alkyl halides is 1. The van der Waals surface area contributed by atoms with Crippen LogP contribution in [0.15, 0.2) is 42.5 Å². The summed E-state index contributed by atoms with van der Waals surface area (Å²) in [7, 11) is 2.22. The molecule has 2 aromatic carbocycles. The van der Waals surface area contributed by atoms with Crippen LogP contribution in [0.1, 0.15) is 80.0 Å². The Hall–Kier alpha value is -1.91. The minimum atomic E-state index is -0.924. The molecule has 0 unspecified atom stereocenters. The zero-order chi connectivity index (χ0) is 26.2. The first kappa shape index (κ1) is 26.7. The number of benzene rings is 2. The van der Waals surface area contributed by atoms with Gasteiger partial charge in [0.1, 0.15) is 11.9 Å². The highest BCUT2D eigenvalue weighted by molar-refractivity contribution is 5.41. The van der Waals surface area contributed by atoms with Crippen molar-refractivity contribution < 1.29 is 14.6 Å². The monoisotopic (exact) mass is 507 g/mol. The van der Waals surface area contributed by atoms with Crippen LogP contribution < -0.4 is 0 Å². The van der Waals surface area contributed by atoms with E-state index in [0.29, 0.717) is 24.2 Å². The van der Waals surface area contributed by atoms with Gasteiger partial charge in [0.05, 0.1) is 6.10 Å². The molecule has 0 bridgehead atoms. The van der Waals surface area contributed by atoms with Gasteiger partial charge in [-0.15, -0.1) is 0 Å². The highest BCUT2D eigenvalue weighted by Gasteiger charge is 2.59. The van der Waals surface area contributed by atoms with Gasteiger partial charge in [-0.2, -0.15) is 0 Å². The van der Waals surface area contributed by atoms with E-state index in [0.717, 1.165) is 62.7 Å². The van der Waals surface area contributed by atoms with Crippen LogP contribution in [0.2, 0.25) is 0 Å². The first-order valence-corrected chi connectivity index (χ1v) is 14.6. The zero-order valence-electron chi connectivity index (χ0n) is 23.0. The van der Waals surface area contributed by atoms with Gasteiger partial charge in [-0.3, -0.25) is 0 Å². The molecule has 37 heavy (non-hydrogen) atoms. The van der Waals surface area contributed by atoms with Gasteiger partial charge in [0.2, 0.25) is 0 Å². The molecule has 3 nitrogen and oxygen atoms in total. The lowest BCUT2D eigenvalue weighted by Crippen LogP contribution is -2.51. The summed E-state index contributed by atoms with van der Waals surface area (Å²) in [5.41, 5.74) is 4.68. The molecule has 2 fully saturated rings. The number of nitrogens with zero attached hydrogens (tertiary/aromatic N) is 1. The van der Waals surface area contributed by atoms with E-state index in [2.05, 4.69) is 50.1 Å². The highest BCUT2D eigenvalue weighted by Crippen LogP contribution is 2.63. The lowest BCUT2D eigenvalue weighted by molar-refractivity contribution is -0.0722. The third kappa shape index (κ3) is 5.47. The average Bonchev–Trinajstić information content (AvgIpc) is 3.16. The number of aryl methyl sites for hydroxylation is 1. The number of halogens is 1. The van der Waals surface area contributed by atoms with E-state index in [1.165, 1.54) is 24.0 Å². The van der Waals surface area contributed by atoms with Crippen molar-refractivity contribution in [1.29, 1.82) is 0 Å². The number of hydrogen-bond acceptors (Lipinski definition) is 3. The minimum Gasteiger partial charge on any atom is -0.508 e. The molecule has 3 aliphatic carbocycles. The lowest BCUT2D eigenvalue weighted by atomic mass is 9.51. The van der Waals surface area contributed by atoms with Crippen molar-refractivity contribution in [2.24, 2.45) is 23.2 Å². The number of likely N-dealkylation sites (N-methyl/N-ethyl adjacent to an activating group) is 1. The number of aliphatic hydroxyl groups excluding tert-OH is 1. The Morgan fingerprint density at radius 1 is 1.03 bits per heavy atom. The highest BCUT2D eigenvalue weighted by atomic mass is 19.1. The van der Waals surface area contributed by atoms with Crippen molar-refractivity contribution in [3.05, 3.63) is 64.7 Å². The standard InChI is InChI=1S/C33H46FNO2/c1-22-8-10-23(11-9-22)16-18-35(3)17-6-4-5-7-24-19-25-20-26(36)12-13-27(25)32-29(34)21-33(2)28(31(24)32)14-15-30(33)37/h8-13,20,24,28-32,36-37H,4-7,14-19,21H2,1-3H3/t24-,28+,29+,30+,31+,32+,33+/m1/s1. The normalized spacial score (nSPS) is 32.7. The molecule has 2 N–H and O–H groups in total. The summed E-state index contributed by atoms with van der Waals surface area (Å²) in [6.45, 7) is 6.47. The summed E-state index contributed by atoms with van der Waals surface area (Å²) in [6.07, 6.45) is 7.65. The maximum atomic E-state index is 15.9. The number of phenols is 1. The summed E-state index contributed by atoms with van der Waals surface area (Å²) >= 11 is 0. The summed E-state index contributed by atoms with van der Waals surface area (Å²) in [4.78, 5) is 2.44. The largest absolute Gasteiger partial charge is 0.508 e. The molecule has 0 amide bonds. The number of aliphatic hydroxyl groups is 1. The average molecular weight is 508 g/mol. The molecule has 202 valence electrons. The Labute approximate surface area is 223 Å². The molecule has 0 spiro atoms. The Balaban J connectivity index is 1.19. The van der Waals surface area contributed by atoms with Gasteiger partial charge in [0.15, 0.2) is 0 Å². The quantitative estimate of drug-likeness (QED) is 0.366. The molecule has 0 heterocycles. The van der Waals surface area contributed by atoms with E-state index in [1.807, 2.05) is 12.1 Å². The van der Waals surface area contributed by atoms with Crippen LogP contribution in [-0.4, -0.2) is 47.5 Å². The maximum absolute atomic E-state index is 15.9. The van der Waals surface area contributed by atoms with Crippen LogP contribution in [0, 0.1) is 30.1 Å². The van der Waals surface area contributed by atoms with E-state index >= 15 is 4.39 Å². The molecule has 0 radical (unpaired) electrons. The summed E-state index contributed by atoms with van der Waals surface area (Å²) < 4.78 is 15.9.